The van der Waals surface area contributed by atoms with Crippen molar-refractivity contribution in [1.82, 2.24) is 0 Å². The van der Waals surface area contributed by atoms with E-state index in [4.69, 9.17) is 9.47 Å². The van der Waals surface area contributed by atoms with Gasteiger partial charge in [-0.3, -0.25) is 0 Å². The molecule has 514 valence electrons. The molecule has 107 heavy (non-hydrogen) atoms. The Bertz CT molecular complexity index is 5580. The average molecular weight is 1510 g/mol. The fraction of sp³-hybridized carbons (Fsp3) is 0.0680. The Morgan fingerprint density at radius 1 is 0.224 bits per heavy atom. The topological polar surface area (TPSA) is 18.5 Å². The van der Waals surface area contributed by atoms with Gasteiger partial charge in [-0.1, -0.05) is 401 Å². The van der Waals surface area contributed by atoms with Crippen molar-refractivity contribution in [3.63, 3.8) is 0 Å². The summed E-state index contributed by atoms with van der Waals surface area (Å²) in [4.78, 5) is 0. The van der Waals surface area contributed by atoms with Crippen molar-refractivity contribution in [3.05, 3.63) is 464 Å². The lowest BCUT2D eigenvalue weighted by atomic mass is 9.67. The molecule has 0 unspecified atom stereocenters. The van der Waals surface area contributed by atoms with E-state index in [2.05, 4.69) is 422 Å². The first-order valence-electron chi connectivity index (χ1n) is 36.7. The van der Waals surface area contributed by atoms with Crippen LogP contribution in [0.25, 0.3) is 100 Å². The Morgan fingerprint density at radius 3 is 0.729 bits per heavy atom. The third-order valence-corrected chi connectivity index (χ3v) is 22.6. The number of aryl methyl sites for hydroxylation is 2. The zero-order valence-electron chi connectivity index (χ0n) is 59.6. The third kappa shape index (κ3) is 13.4. The van der Waals surface area contributed by atoms with Crippen LogP contribution in [0, 0.1) is 13.8 Å². The van der Waals surface area contributed by atoms with Crippen molar-refractivity contribution in [1.29, 1.82) is 0 Å². The molecule has 0 amide bonds. The molecule has 0 atom stereocenters. The van der Waals surface area contributed by atoms with E-state index in [0.717, 1.165) is 14.5 Å². The molecule has 0 aromatic heterocycles. The standard InChI is InChI=1S/C56H40.C32H22Br2.C15H14O2/c1-39-17-31-50(32-18-39)56(51-33-27-45(28-34-51)42-15-9-4-10-16-42)54-37-48(46-23-19-43(20-24-46)40-11-5-2-6-12-40)29-35-52(54)53-36-30-49(38-55(53)56)47-25-21-44(22-26-47)41-13-7-3-8-14-41;1-21-7-11-24(12-8-21)32(25-13-9-23(10-14-25)22-5-3-2-4-6-22)30-19-26(33)15-17-28(30)29-18-16-27(34)20-31(29)32;1-2-4-12(5-3-1)13-6-8-14(9-7-13)15-16-10-11-17-15/h2-38H,1H3;2-20H,1H3;1-9,15H,10-11H2. The second kappa shape index (κ2) is 30.1. The Kier molecular flexibility index (Phi) is 19.3. The second-order valence-corrected chi connectivity index (χ2v) is 29.8. The van der Waals surface area contributed by atoms with Crippen molar-refractivity contribution in [3.8, 4) is 100 Å². The molecule has 1 heterocycles. The monoisotopic (exact) mass is 1500 g/mol. The molecular weight excluding hydrogens is 1430 g/mol. The first-order valence-corrected chi connectivity index (χ1v) is 38.3. The molecular formula is C103H76Br2O2. The van der Waals surface area contributed by atoms with Gasteiger partial charge in [0.2, 0.25) is 0 Å². The Labute approximate surface area is 645 Å². The summed E-state index contributed by atoms with van der Waals surface area (Å²) in [7, 11) is 0. The van der Waals surface area contributed by atoms with Gasteiger partial charge in [0.1, 0.15) is 0 Å². The van der Waals surface area contributed by atoms with Crippen LogP contribution in [0.2, 0.25) is 0 Å². The molecule has 1 saturated heterocycles. The van der Waals surface area contributed by atoms with Gasteiger partial charge in [0.15, 0.2) is 6.29 Å². The maximum Gasteiger partial charge on any atom is 0.184 e. The highest BCUT2D eigenvalue weighted by molar-refractivity contribution is 9.10. The number of hydrogen-bond donors (Lipinski definition) is 0. The summed E-state index contributed by atoms with van der Waals surface area (Å²) in [5, 5.41) is 0. The average Bonchev–Trinajstić information content (AvgIpc) is 1.55. The van der Waals surface area contributed by atoms with E-state index < -0.39 is 10.8 Å². The van der Waals surface area contributed by atoms with Gasteiger partial charge in [-0.05, 0) is 195 Å². The second-order valence-electron chi connectivity index (χ2n) is 28.0. The molecule has 0 saturated carbocycles. The number of ether oxygens (including phenoxy) is 2. The van der Waals surface area contributed by atoms with Gasteiger partial charge in [0.25, 0.3) is 0 Å². The molecule has 0 bridgehead atoms. The number of rotatable bonds is 12. The SMILES string of the molecule is Cc1ccc(C2(c3ccc(-c4ccccc4)cc3)c3cc(-c4ccc(-c5ccccc5)cc4)ccc3-c3ccc(-c4ccc(-c5ccccc5)cc4)cc32)cc1.Cc1ccc(C2(c3ccc(-c4ccccc4)cc3)c3cc(Br)ccc3-c3ccc(Br)cc32)cc1.c1ccc(-c2ccc(C3OCCO3)cc2)cc1. The van der Waals surface area contributed by atoms with Crippen LogP contribution < -0.4 is 0 Å². The molecule has 1 aliphatic heterocycles. The van der Waals surface area contributed by atoms with Crippen LogP contribution in [0.4, 0.5) is 0 Å². The maximum absolute atomic E-state index is 5.46. The highest BCUT2D eigenvalue weighted by Gasteiger charge is 2.48. The van der Waals surface area contributed by atoms with Crippen molar-refractivity contribution in [2.24, 2.45) is 0 Å². The minimum atomic E-state index is -0.548. The van der Waals surface area contributed by atoms with Gasteiger partial charge in [-0.25, -0.2) is 0 Å². The van der Waals surface area contributed by atoms with Crippen LogP contribution in [0.1, 0.15) is 67.5 Å². The lowest BCUT2D eigenvalue weighted by Gasteiger charge is -2.34. The maximum atomic E-state index is 5.46. The summed E-state index contributed by atoms with van der Waals surface area (Å²) >= 11 is 7.53. The van der Waals surface area contributed by atoms with Gasteiger partial charge < -0.3 is 9.47 Å². The summed E-state index contributed by atoms with van der Waals surface area (Å²) in [5.41, 5.74) is 35.2. The molecule has 3 aliphatic rings. The fourth-order valence-corrected chi connectivity index (χ4v) is 16.9. The summed E-state index contributed by atoms with van der Waals surface area (Å²) in [5.74, 6) is 0. The lowest BCUT2D eigenvalue weighted by molar-refractivity contribution is -0.0441. The van der Waals surface area contributed by atoms with Gasteiger partial charge in [-0.15, -0.1) is 0 Å². The van der Waals surface area contributed by atoms with Crippen LogP contribution in [0.15, 0.2) is 403 Å². The highest BCUT2D eigenvalue weighted by atomic mass is 79.9. The largest absolute Gasteiger partial charge is 0.346 e. The molecule has 0 N–H and O–H groups in total. The minimum absolute atomic E-state index is 0.181. The smallest absolute Gasteiger partial charge is 0.184 e. The number of halogens is 2. The van der Waals surface area contributed by atoms with E-state index >= 15 is 0 Å². The van der Waals surface area contributed by atoms with Crippen LogP contribution in [-0.4, -0.2) is 13.2 Å². The molecule has 16 aromatic carbocycles. The van der Waals surface area contributed by atoms with E-state index in [-0.39, 0.29) is 6.29 Å². The third-order valence-electron chi connectivity index (χ3n) is 21.6. The van der Waals surface area contributed by atoms with Crippen LogP contribution in [-0.2, 0) is 20.3 Å². The number of fused-ring (bicyclic) bond motifs is 6. The molecule has 0 radical (unpaired) electrons. The van der Waals surface area contributed by atoms with Gasteiger partial charge in [0, 0.05) is 14.5 Å². The number of hydrogen-bond acceptors (Lipinski definition) is 2. The predicted molar refractivity (Wildman–Crippen MR) is 452 cm³/mol. The van der Waals surface area contributed by atoms with Crippen LogP contribution in [0.5, 0.6) is 0 Å². The summed E-state index contributed by atoms with van der Waals surface area (Å²) in [6, 6.07) is 144. The normalized spacial score (nSPS) is 13.4. The Balaban J connectivity index is 0.000000138. The first kappa shape index (κ1) is 68.5. The Hall–Kier alpha value is -11.6. The van der Waals surface area contributed by atoms with Gasteiger partial charge in [0.05, 0.1) is 24.0 Å². The van der Waals surface area contributed by atoms with Crippen molar-refractivity contribution >= 4 is 31.9 Å². The molecule has 2 aliphatic carbocycles. The molecule has 0 spiro atoms. The van der Waals surface area contributed by atoms with E-state index in [0.29, 0.717) is 13.2 Å². The number of benzene rings is 16. The molecule has 1 fully saturated rings. The van der Waals surface area contributed by atoms with Crippen molar-refractivity contribution < 1.29 is 9.47 Å². The van der Waals surface area contributed by atoms with Crippen LogP contribution >= 0.6 is 31.9 Å². The predicted octanol–water partition coefficient (Wildman–Crippen LogP) is 27.6. The zero-order chi connectivity index (χ0) is 72.3. The molecule has 19 rings (SSSR count). The quantitative estimate of drug-likeness (QED) is 0.121. The highest BCUT2D eigenvalue weighted by Crippen LogP contribution is 2.60. The van der Waals surface area contributed by atoms with Gasteiger partial charge in [-0.2, -0.15) is 0 Å². The van der Waals surface area contributed by atoms with Crippen molar-refractivity contribution in [2.45, 2.75) is 31.0 Å². The Morgan fingerprint density at radius 2 is 0.439 bits per heavy atom. The molecule has 2 nitrogen and oxygen atoms in total. The first-order chi connectivity index (χ1) is 52.6. The van der Waals surface area contributed by atoms with Gasteiger partial charge >= 0.3 is 0 Å². The van der Waals surface area contributed by atoms with E-state index in [1.54, 1.807) is 0 Å². The van der Waals surface area contributed by atoms with Crippen molar-refractivity contribution in [2.75, 3.05) is 13.2 Å². The molecule has 4 heteroatoms. The van der Waals surface area contributed by atoms with Crippen LogP contribution in [0.3, 0.4) is 0 Å². The minimum Gasteiger partial charge on any atom is -0.346 e. The lowest BCUT2D eigenvalue weighted by Crippen LogP contribution is -2.28. The zero-order valence-corrected chi connectivity index (χ0v) is 62.8. The summed E-state index contributed by atoms with van der Waals surface area (Å²) in [6.45, 7) is 5.70. The summed E-state index contributed by atoms with van der Waals surface area (Å²) < 4.78 is 13.1. The summed E-state index contributed by atoms with van der Waals surface area (Å²) in [6.07, 6.45) is -0.181. The molecule has 16 aromatic rings. The van der Waals surface area contributed by atoms with E-state index in [9.17, 15) is 0 Å². The fourth-order valence-electron chi connectivity index (χ4n) is 16.2. The van der Waals surface area contributed by atoms with E-state index in [1.165, 1.54) is 156 Å². The van der Waals surface area contributed by atoms with E-state index in [1.807, 2.05) is 18.2 Å².